The number of halogens is 1. The molecule has 2 aromatic rings. The predicted molar refractivity (Wildman–Crippen MR) is 103 cm³/mol. The Balaban J connectivity index is 1.85. The van der Waals surface area contributed by atoms with Crippen molar-refractivity contribution < 1.29 is 14.4 Å². The predicted octanol–water partition coefficient (Wildman–Crippen LogP) is 2.81. The van der Waals surface area contributed by atoms with Crippen LogP contribution in [0, 0.1) is 6.92 Å². The number of nitrogens with one attached hydrogen (secondary N) is 1. The largest absolute Gasteiger partial charge is 0.332 e. The Morgan fingerprint density at radius 3 is 2.65 bits per heavy atom. The van der Waals surface area contributed by atoms with Crippen LogP contribution in [-0.4, -0.2) is 42.8 Å². The molecule has 0 saturated carbocycles. The average Bonchev–Trinajstić information content (AvgIpc) is 2.68. The van der Waals surface area contributed by atoms with Gasteiger partial charge in [0, 0.05) is 11.5 Å². The van der Waals surface area contributed by atoms with E-state index >= 15 is 0 Å². The molecule has 0 bridgehead atoms. The van der Waals surface area contributed by atoms with Crippen LogP contribution in [0.1, 0.15) is 15.9 Å². The molecule has 134 valence electrons. The number of anilines is 2. The van der Waals surface area contributed by atoms with E-state index in [4.69, 9.17) is 0 Å². The van der Waals surface area contributed by atoms with Crippen LogP contribution in [0.25, 0.3) is 0 Å². The Morgan fingerprint density at radius 1 is 1.19 bits per heavy atom. The third kappa shape index (κ3) is 3.62. The maximum Gasteiger partial charge on any atom is 0.256 e. The molecule has 1 heterocycles. The molecule has 3 rings (SSSR count). The maximum atomic E-state index is 12.6. The van der Waals surface area contributed by atoms with Gasteiger partial charge in [0.15, 0.2) is 0 Å². The third-order valence-electron chi connectivity index (χ3n) is 4.15. The smallest absolute Gasteiger partial charge is 0.256 e. The Kier molecular flexibility index (Phi) is 5.08. The summed E-state index contributed by atoms with van der Waals surface area (Å²) >= 11 is 3.42. The molecule has 2 aromatic carbocycles. The second-order valence-corrected chi connectivity index (χ2v) is 7.04. The van der Waals surface area contributed by atoms with E-state index in [9.17, 15) is 14.4 Å². The number of aryl methyl sites for hydroxylation is 1. The van der Waals surface area contributed by atoms with Crippen LogP contribution in [-0.2, 0) is 9.59 Å². The van der Waals surface area contributed by atoms with Gasteiger partial charge in [-0.15, -0.1) is 0 Å². The first-order valence-corrected chi connectivity index (χ1v) is 8.87. The fourth-order valence-corrected chi connectivity index (χ4v) is 3.41. The van der Waals surface area contributed by atoms with Gasteiger partial charge >= 0.3 is 0 Å². The molecule has 26 heavy (non-hydrogen) atoms. The monoisotopic (exact) mass is 415 g/mol. The van der Waals surface area contributed by atoms with Gasteiger partial charge in [0.05, 0.1) is 16.9 Å². The minimum atomic E-state index is -0.338. The SMILES string of the molecule is Cc1ccc(NC(=O)CN2C(=O)CN(C)C(=O)c3ccccc32)c(Br)c1. The topological polar surface area (TPSA) is 69.7 Å². The number of nitrogens with zero attached hydrogens (tertiary/aromatic N) is 2. The summed E-state index contributed by atoms with van der Waals surface area (Å²) in [6.07, 6.45) is 0. The van der Waals surface area contributed by atoms with Crippen LogP contribution in [0.15, 0.2) is 46.9 Å². The molecule has 1 N–H and O–H groups in total. The number of carbonyl (C=O) groups is 3. The van der Waals surface area contributed by atoms with Gasteiger partial charge in [-0.2, -0.15) is 0 Å². The van der Waals surface area contributed by atoms with Crippen molar-refractivity contribution in [3.63, 3.8) is 0 Å². The molecule has 0 saturated heterocycles. The van der Waals surface area contributed by atoms with Crippen molar-refractivity contribution in [2.75, 3.05) is 30.4 Å². The van der Waals surface area contributed by atoms with Crippen molar-refractivity contribution in [2.45, 2.75) is 6.92 Å². The number of likely N-dealkylation sites (N-methyl/N-ethyl adjacent to an activating group) is 1. The highest BCUT2D eigenvalue weighted by atomic mass is 79.9. The summed E-state index contributed by atoms with van der Waals surface area (Å²) in [5, 5.41) is 2.80. The number of carbonyl (C=O) groups excluding carboxylic acids is 3. The van der Waals surface area contributed by atoms with Crippen LogP contribution in [0.3, 0.4) is 0 Å². The first kappa shape index (κ1) is 18.1. The second-order valence-electron chi connectivity index (χ2n) is 6.19. The van der Waals surface area contributed by atoms with Crippen LogP contribution < -0.4 is 10.2 Å². The van der Waals surface area contributed by atoms with Crippen molar-refractivity contribution in [1.29, 1.82) is 0 Å². The van der Waals surface area contributed by atoms with E-state index in [1.165, 1.54) is 9.80 Å². The molecule has 0 aliphatic carbocycles. The standard InChI is InChI=1S/C19H18BrN3O3/c1-12-7-8-15(14(20)9-12)21-17(24)10-23-16-6-4-3-5-13(16)19(26)22(2)11-18(23)25/h3-9H,10-11H2,1-2H3,(H,21,24). The molecule has 1 aliphatic rings. The number of hydrogen-bond acceptors (Lipinski definition) is 3. The zero-order valence-corrected chi connectivity index (χ0v) is 16.0. The lowest BCUT2D eigenvalue weighted by Gasteiger charge is -2.22. The van der Waals surface area contributed by atoms with Crippen LogP contribution in [0.5, 0.6) is 0 Å². The second kappa shape index (κ2) is 7.29. The molecule has 3 amide bonds. The van der Waals surface area contributed by atoms with Crippen molar-refractivity contribution in [1.82, 2.24) is 4.90 Å². The van der Waals surface area contributed by atoms with Crippen molar-refractivity contribution >= 4 is 45.0 Å². The number of fused-ring (bicyclic) bond motifs is 1. The van der Waals surface area contributed by atoms with E-state index in [1.807, 2.05) is 19.1 Å². The first-order valence-electron chi connectivity index (χ1n) is 8.07. The van der Waals surface area contributed by atoms with Gasteiger partial charge in [0.2, 0.25) is 11.8 Å². The van der Waals surface area contributed by atoms with Crippen molar-refractivity contribution in [3.05, 3.63) is 58.1 Å². The normalized spacial score (nSPS) is 14.1. The summed E-state index contributed by atoms with van der Waals surface area (Å²) in [5.41, 5.74) is 2.55. The molecule has 6 nitrogen and oxygen atoms in total. The summed E-state index contributed by atoms with van der Waals surface area (Å²) in [5.74, 6) is -0.878. The lowest BCUT2D eigenvalue weighted by molar-refractivity contribution is -0.121. The Hall–Kier alpha value is -2.67. The fourth-order valence-electron chi connectivity index (χ4n) is 2.82. The van der Waals surface area contributed by atoms with Gasteiger partial charge < -0.3 is 15.1 Å². The van der Waals surface area contributed by atoms with E-state index in [1.54, 1.807) is 37.4 Å². The fraction of sp³-hybridized carbons (Fsp3) is 0.211. The van der Waals surface area contributed by atoms with Gasteiger partial charge in [0.1, 0.15) is 13.1 Å². The number of benzene rings is 2. The van der Waals surface area contributed by atoms with Gasteiger partial charge in [-0.05, 0) is 52.7 Å². The maximum absolute atomic E-state index is 12.6. The van der Waals surface area contributed by atoms with Gasteiger partial charge in [0.25, 0.3) is 5.91 Å². The molecule has 0 spiro atoms. The summed E-state index contributed by atoms with van der Waals surface area (Å²) in [7, 11) is 1.57. The van der Waals surface area contributed by atoms with Crippen LogP contribution in [0.4, 0.5) is 11.4 Å². The molecule has 7 heteroatoms. The number of amides is 3. The number of rotatable bonds is 3. The lowest BCUT2D eigenvalue weighted by atomic mass is 10.1. The third-order valence-corrected chi connectivity index (χ3v) is 4.80. The van der Waals surface area contributed by atoms with E-state index in [0.29, 0.717) is 16.9 Å². The molecule has 0 atom stereocenters. The molecular formula is C19H18BrN3O3. The molecule has 1 aliphatic heterocycles. The lowest BCUT2D eigenvalue weighted by Crippen LogP contribution is -2.41. The molecule has 0 aromatic heterocycles. The minimum Gasteiger partial charge on any atom is -0.332 e. The van der Waals surface area contributed by atoms with E-state index in [0.717, 1.165) is 10.0 Å². The summed E-state index contributed by atoms with van der Waals surface area (Å²) in [4.78, 5) is 40.2. The molecule has 0 unspecified atom stereocenters. The zero-order valence-electron chi connectivity index (χ0n) is 14.5. The van der Waals surface area contributed by atoms with E-state index in [2.05, 4.69) is 21.2 Å². The van der Waals surface area contributed by atoms with Crippen molar-refractivity contribution in [2.24, 2.45) is 0 Å². The Bertz CT molecular complexity index is 897. The quantitative estimate of drug-likeness (QED) is 0.837. The first-order chi connectivity index (χ1) is 12.4. The van der Waals surface area contributed by atoms with Gasteiger partial charge in [-0.3, -0.25) is 14.4 Å². The highest BCUT2D eigenvalue weighted by Crippen LogP contribution is 2.26. The summed E-state index contributed by atoms with van der Waals surface area (Å²) in [6.45, 7) is 1.71. The highest BCUT2D eigenvalue weighted by Gasteiger charge is 2.30. The number of para-hydroxylation sites is 1. The molecular weight excluding hydrogens is 398 g/mol. The summed E-state index contributed by atoms with van der Waals surface area (Å²) in [6, 6.07) is 12.4. The van der Waals surface area contributed by atoms with Gasteiger partial charge in [-0.25, -0.2) is 0 Å². The van der Waals surface area contributed by atoms with Crippen molar-refractivity contribution in [3.8, 4) is 0 Å². The van der Waals surface area contributed by atoms with E-state index in [-0.39, 0.29) is 30.8 Å². The Morgan fingerprint density at radius 2 is 1.92 bits per heavy atom. The van der Waals surface area contributed by atoms with Crippen LogP contribution >= 0.6 is 15.9 Å². The van der Waals surface area contributed by atoms with Gasteiger partial charge in [-0.1, -0.05) is 18.2 Å². The minimum absolute atomic E-state index is 0.0744. The Labute approximate surface area is 159 Å². The molecule has 0 fully saturated rings. The van der Waals surface area contributed by atoms with E-state index < -0.39 is 0 Å². The molecule has 0 radical (unpaired) electrons. The van der Waals surface area contributed by atoms with Crippen LogP contribution in [0.2, 0.25) is 0 Å². The zero-order chi connectivity index (χ0) is 18.8. The highest BCUT2D eigenvalue weighted by molar-refractivity contribution is 9.10. The number of hydrogen-bond donors (Lipinski definition) is 1. The average molecular weight is 416 g/mol. The summed E-state index contributed by atoms with van der Waals surface area (Å²) < 4.78 is 0.767.